The number of anilines is 1. The van der Waals surface area contributed by atoms with Gasteiger partial charge in [-0.15, -0.1) is 0 Å². The lowest BCUT2D eigenvalue weighted by atomic mass is 10.0. The summed E-state index contributed by atoms with van der Waals surface area (Å²) in [7, 11) is 0. The molecule has 1 amide bonds. The summed E-state index contributed by atoms with van der Waals surface area (Å²) in [5.74, 6) is 0.345. The summed E-state index contributed by atoms with van der Waals surface area (Å²) >= 11 is 12.3. The van der Waals surface area contributed by atoms with Gasteiger partial charge in [0.1, 0.15) is 5.60 Å². The normalized spacial score (nSPS) is 21.1. The third-order valence-corrected chi connectivity index (χ3v) is 4.68. The molecule has 4 nitrogen and oxygen atoms in total. The van der Waals surface area contributed by atoms with Crippen molar-refractivity contribution in [2.45, 2.75) is 51.7 Å². The maximum atomic E-state index is 11.8. The second-order valence-corrected chi connectivity index (χ2v) is 7.71. The molecule has 0 saturated heterocycles. The minimum Gasteiger partial charge on any atom is -0.444 e. The van der Waals surface area contributed by atoms with E-state index < -0.39 is 5.60 Å². The Morgan fingerprint density at radius 1 is 1.30 bits per heavy atom. The molecule has 0 radical (unpaired) electrons. The number of carbonyl (C=O) groups is 1. The molecule has 23 heavy (non-hydrogen) atoms. The molecular formula is C17H24Cl2N2O2. The molecule has 1 fully saturated rings. The van der Waals surface area contributed by atoms with Crippen molar-refractivity contribution in [3.05, 3.63) is 28.2 Å². The number of nitrogens with one attached hydrogen (secondary N) is 2. The first-order valence-electron chi connectivity index (χ1n) is 7.93. The Hall–Kier alpha value is -1.13. The third-order valence-electron chi connectivity index (χ3n) is 3.86. The summed E-state index contributed by atoms with van der Waals surface area (Å²) in [4.78, 5) is 11.8. The van der Waals surface area contributed by atoms with Crippen LogP contribution in [0.1, 0.15) is 40.0 Å². The summed E-state index contributed by atoms with van der Waals surface area (Å²) in [6.07, 6.45) is 2.86. The molecule has 2 rings (SSSR count). The van der Waals surface area contributed by atoms with E-state index in [2.05, 4.69) is 10.6 Å². The van der Waals surface area contributed by atoms with Crippen LogP contribution >= 0.6 is 23.2 Å². The number of ether oxygens (including phenoxy) is 1. The molecule has 6 heteroatoms. The fourth-order valence-corrected chi connectivity index (χ4v) is 3.17. The number of hydrogen-bond donors (Lipinski definition) is 2. The number of carbonyl (C=O) groups excluding carboxylic acids is 1. The van der Waals surface area contributed by atoms with Gasteiger partial charge in [0, 0.05) is 12.6 Å². The fraction of sp³-hybridized carbons (Fsp3) is 0.588. The van der Waals surface area contributed by atoms with E-state index in [1.165, 1.54) is 0 Å². The molecule has 0 heterocycles. The quantitative estimate of drug-likeness (QED) is 0.786. The lowest BCUT2D eigenvalue weighted by Crippen LogP contribution is -2.38. The van der Waals surface area contributed by atoms with Gasteiger partial charge in [0.25, 0.3) is 0 Å². The monoisotopic (exact) mass is 358 g/mol. The zero-order valence-corrected chi connectivity index (χ0v) is 15.3. The predicted molar refractivity (Wildman–Crippen MR) is 95.5 cm³/mol. The second-order valence-electron chi connectivity index (χ2n) is 6.93. The summed E-state index contributed by atoms with van der Waals surface area (Å²) in [6, 6.07) is 5.83. The standard InChI is InChI=1S/C17H24Cl2N2O2/c1-17(2,3)23-16(22)20-10-11-6-4-8-13(11)21-14-9-5-7-12(18)15(14)19/h5,7,9,11,13,21H,4,6,8,10H2,1-3H3,(H,20,22). The van der Waals surface area contributed by atoms with Crippen LogP contribution in [-0.2, 0) is 4.74 Å². The van der Waals surface area contributed by atoms with Crippen molar-refractivity contribution in [1.29, 1.82) is 0 Å². The second kappa shape index (κ2) is 7.63. The van der Waals surface area contributed by atoms with Gasteiger partial charge in [0.2, 0.25) is 0 Å². The molecule has 2 unspecified atom stereocenters. The van der Waals surface area contributed by atoms with Gasteiger partial charge in [-0.2, -0.15) is 0 Å². The van der Waals surface area contributed by atoms with Crippen LogP contribution < -0.4 is 10.6 Å². The van der Waals surface area contributed by atoms with Crippen molar-refractivity contribution in [3.63, 3.8) is 0 Å². The number of alkyl carbamates (subject to hydrolysis) is 1. The molecule has 1 aliphatic rings. The van der Waals surface area contributed by atoms with Crippen molar-refractivity contribution in [3.8, 4) is 0 Å². The van der Waals surface area contributed by atoms with Gasteiger partial charge in [0.15, 0.2) is 0 Å². The molecule has 0 aliphatic heterocycles. The van der Waals surface area contributed by atoms with Crippen LogP contribution in [0.5, 0.6) is 0 Å². The Morgan fingerprint density at radius 3 is 2.74 bits per heavy atom. The van der Waals surface area contributed by atoms with Gasteiger partial charge in [-0.3, -0.25) is 0 Å². The first-order valence-corrected chi connectivity index (χ1v) is 8.69. The zero-order chi connectivity index (χ0) is 17.0. The van der Waals surface area contributed by atoms with Crippen LogP contribution in [0.4, 0.5) is 10.5 Å². The van der Waals surface area contributed by atoms with E-state index in [0.29, 0.717) is 22.5 Å². The maximum absolute atomic E-state index is 11.8. The largest absolute Gasteiger partial charge is 0.444 e. The molecule has 1 aliphatic carbocycles. The molecule has 1 aromatic carbocycles. The average molecular weight is 359 g/mol. The maximum Gasteiger partial charge on any atom is 0.407 e. The van der Waals surface area contributed by atoms with Gasteiger partial charge in [0.05, 0.1) is 15.7 Å². The van der Waals surface area contributed by atoms with Crippen molar-refractivity contribution in [2.75, 3.05) is 11.9 Å². The van der Waals surface area contributed by atoms with Crippen LogP contribution in [0, 0.1) is 5.92 Å². The summed E-state index contributed by atoms with van der Waals surface area (Å²) < 4.78 is 5.28. The molecule has 2 N–H and O–H groups in total. The number of amides is 1. The van der Waals surface area contributed by atoms with Gasteiger partial charge < -0.3 is 15.4 Å². The summed E-state index contributed by atoms with van der Waals surface area (Å²) in [5, 5.41) is 7.41. The number of hydrogen-bond acceptors (Lipinski definition) is 3. The van der Waals surface area contributed by atoms with Crippen LogP contribution in [0.25, 0.3) is 0 Å². The minimum absolute atomic E-state index is 0.265. The Bertz CT molecular complexity index is 558. The Morgan fingerprint density at radius 2 is 2.04 bits per heavy atom. The van der Waals surface area contributed by atoms with Crippen LogP contribution in [-0.4, -0.2) is 24.3 Å². The SMILES string of the molecule is CC(C)(C)OC(=O)NCC1CCCC1Nc1cccc(Cl)c1Cl. The van der Waals surface area contributed by atoms with E-state index in [9.17, 15) is 4.79 Å². The van der Waals surface area contributed by atoms with E-state index in [4.69, 9.17) is 27.9 Å². The number of rotatable bonds is 4. The van der Waals surface area contributed by atoms with E-state index >= 15 is 0 Å². The van der Waals surface area contributed by atoms with Gasteiger partial charge >= 0.3 is 6.09 Å². The van der Waals surface area contributed by atoms with E-state index in [1.54, 1.807) is 6.07 Å². The van der Waals surface area contributed by atoms with Crippen LogP contribution in [0.3, 0.4) is 0 Å². The lowest BCUT2D eigenvalue weighted by molar-refractivity contribution is 0.0519. The first kappa shape index (κ1) is 18.2. The molecule has 0 aromatic heterocycles. The minimum atomic E-state index is -0.480. The smallest absolute Gasteiger partial charge is 0.407 e. The molecule has 2 atom stereocenters. The van der Waals surface area contributed by atoms with Crippen LogP contribution in [0.2, 0.25) is 10.0 Å². The molecule has 0 bridgehead atoms. The van der Waals surface area contributed by atoms with Gasteiger partial charge in [-0.1, -0.05) is 35.7 Å². The Balaban J connectivity index is 1.90. The van der Waals surface area contributed by atoms with Gasteiger partial charge in [-0.05, 0) is 51.7 Å². The van der Waals surface area contributed by atoms with Crippen molar-refractivity contribution in [2.24, 2.45) is 5.92 Å². The Kier molecular flexibility index (Phi) is 6.04. The number of benzene rings is 1. The molecular weight excluding hydrogens is 335 g/mol. The molecule has 128 valence electrons. The highest BCUT2D eigenvalue weighted by Crippen LogP contribution is 2.34. The zero-order valence-electron chi connectivity index (χ0n) is 13.8. The Labute approximate surface area is 147 Å². The third kappa shape index (κ3) is 5.47. The summed E-state index contributed by atoms with van der Waals surface area (Å²) in [5.41, 5.74) is 0.361. The predicted octanol–water partition coefficient (Wildman–Crippen LogP) is 5.10. The highest BCUT2D eigenvalue weighted by atomic mass is 35.5. The van der Waals surface area contributed by atoms with Gasteiger partial charge in [-0.25, -0.2) is 4.79 Å². The fourth-order valence-electron chi connectivity index (χ4n) is 2.81. The van der Waals surface area contributed by atoms with E-state index in [0.717, 1.165) is 24.9 Å². The van der Waals surface area contributed by atoms with E-state index in [-0.39, 0.29) is 12.1 Å². The molecule has 0 spiro atoms. The van der Waals surface area contributed by atoms with Crippen molar-refractivity contribution in [1.82, 2.24) is 5.32 Å². The lowest BCUT2D eigenvalue weighted by Gasteiger charge is -2.24. The van der Waals surface area contributed by atoms with Crippen molar-refractivity contribution >= 4 is 35.0 Å². The topological polar surface area (TPSA) is 50.4 Å². The highest BCUT2D eigenvalue weighted by molar-refractivity contribution is 6.43. The van der Waals surface area contributed by atoms with Crippen LogP contribution in [0.15, 0.2) is 18.2 Å². The first-order chi connectivity index (χ1) is 10.8. The van der Waals surface area contributed by atoms with E-state index in [1.807, 2.05) is 32.9 Å². The average Bonchev–Trinajstić information content (AvgIpc) is 2.87. The molecule has 1 aromatic rings. The highest BCUT2D eigenvalue weighted by Gasteiger charge is 2.28. The summed E-state index contributed by atoms with van der Waals surface area (Å²) in [6.45, 7) is 6.15. The van der Waals surface area contributed by atoms with Crippen molar-refractivity contribution < 1.29 is 9.53 Å². The number of halogens is 2. The molecule has 1 saturated carbocycles.